The van der Waals surface area contributed by atoms with Crippen LogP contribution in [0.5, 0.6) is 17.2 Å². The topological polar surface area (TPSA) is 78.2 Å². The van der Waals surface area contributed by atoms with E-state index in [2.05, 4.69) is 6.92 Å². The van der Waals surface area contributed by atoms with Crippen molar-refractivity contribution in [3.8, 4) is 17.2 Å². The highest BCUT2D eigenvalue weighted by Crippen LogP contribution is 2.39. The van der Waals surface area contributed by atoms with Crippen molar-refractivity contribution in [3.05, 3.63) is 98.4 Å². The molecule has 0 fully saturated rings. The highest BCUT2D eigenvalue weighted by Gasteiger charge is 2.42. The van der Waals surface area contributed by atoms with E-state index in [0.717, 1.165) is 40.8 Å². The largest absolute Gasteiger partial charge is 0.494 e. The number of hydrogen-bond acceptors (Lipinski definition) is 6. The van der Waals surface area contributed by atoms with Crippen molar-refractivity contribution in [3.63, 3.8) is 0 Å². The predicted molar refractivity (Wildman–Crippen MR) is 155 cm³/mol. The maximum Gasteiger partial charge on any atom is 0.290 e. The first-order valence-electron chi connectivity index (χ1n) is 13.7. The summed E-state index contributed by atoms with van der Waals surface area (Å²) in [5.41, 5.74) is 4.29. The van der Waals surface area contributed by atoms with Crippen LogP contribution in [0.2, 0.25) is 0 Å². The highest BCUT2D eigenvalue weighted by molar-refractivity contribution is 5.99. The normalized spacial score (nSPS) is 14.5. The number of ether oxygens (including phenoxy) is 3. The Morgan fingerprint density at radius 3 is 2.38 bits per heavy atom. The van der Waals surface area contributed by atoms with E-state index >= 15 is 0 Å². The Labute approximate surface area is 234 Å². The number of aryl methyl sites for hydroxylation is 2. The summed E-state index contributed by atoms with van der Waals surface area (Å²) >= 11 is 0. The Morgan fingerprint density at radius 2 is 1.68 bits per heavy atom. The second kappa shape index (κ2) is 11.5. The van der Waals surface area contributed by atoms with Gasteiger partial charge in [0.25, 0.3) is 5.91 Å². The molecule has 5 rings (SSSR count). The molecular formula is C33H35NO6. The van der Waals surface area contributed by atoms with E-state index in [4.69, 9.17) is 18.6 Å². The minimum atomic E-state index is -0.575. The average molecular weight is 542 g/mol. The first-order valence-corrected chi connectivity index (χ1v) is 13.7. The molecule has 0 saturated heterocycles. The van der Waals surface area contributed by atoms with E-state index in [9.17, 15) is 9.59 Å². The molecule has 2 heterocycles. The number of hydrogen-bond donors (Lipinski definition) is 0. The van der Waals surface area contributed by atoms with Crippen LogP contribution in [0.15, 0.2) is 63.8 Å². The van der Waals surface area contributed by atoms with Crippen LogP contribution in [0.25, 0.3) is 11.0 Å². The van der Waals surface area contributed by atoms with Crippen LogP contribution in [-0.2, 0) is 6.42 Å². The molecule has 1 unspecified atom stereocenters. The van der Waals surface area contributed by atoms with Gasteiger partial charge in [0, 0.05) is 6.54 Å². The summed E-state index contributed by atoms with van der Waals surface area (Å²) in [5, 5.41) is 0.496. The minimum Gasteiger partial charge on any atom is -0.494 e. The lowest BCUT2D eigenvalue weighted by Gasteiger charge is -2.25. The number of carbonyl (C=O) groups is 1. The van der Waals surface area contributed by atoms with E-state index in [-0.39, 0.29) is 17.1 Å². The number of fused-ring (bicyclic) bond motifs is 2. The molecular weight excluding hydrogens is 506 g/mol. The number of benzene rings is 3. The van der Waals surface area contributed by atoms with Crippen molar-refractivity contribution < 1.29 is 23.4 Å². The van der Waals surface area contributed by atoms with Crippen LogP contribution in [0, 0.1) is 13.8 Å². The van der Waals surface area contributed by atoms with Gasteiger partial charge in [-0.3, -0.25) is 9.59 Å². The molecule has 4 aromatic rings. The number of amides is 1. The molecule has 0 bridgehead atoms. The number of carbonyl (C=O) groups excluding carboxylic acids is 1. The van der Waals surface area contributed by atoms with Gasteiger partial charge in [-0.15, -0.1) is 0 Å². The second-order valence-corrected chi connectivity index (χ2v) is 10.2. The third-order valence-electron chi connectivity index (χ3n) is 7.45. The summed E-state index contributed by atoms with van der Waals surface area (Å²) in [6, 6.07) is 16.6. The summed E-state index contributed by atoms with van der Waals surface area (Å²) in [5.74, 6) is 1.85. The quantitative estimate of drug-likeness (QED) is 0.216. The van der Waals surface area contributed by atoms with Crippen molar-refractivity contribution in [1.29, 1.82) is 0 Å². The van der Waals surface area contributed by atoms with Gasteiger partial charge < -0.3 is 23.5 Å². The molecule has 3 aromatic carbocycles. The molecule has 40 heavy (non-hydrogen) atoms. The minimum absolute atomic E-state index is 0.116. The van der Waals surface area contributed by atoms with Crippen LogP contribution in [0.1, 0.15) is 64.2 Å². The maximum atomic E-state index is 14.0. The molecule has 7 nitrogen and oxygen atoms in total. The molecule has 7 heteroatoms. The molecule has 1 aliphatic heterocycles. The van der Waals surface area contributed by atoms with Crippen molar-refractivity contribution in [2.24, 2.45) is 0 Å². The maximum absolute atomic E-state index is 14.0. The Bertz CT molecular complexity index is 1600. The van der Waals surface area contributed by atoms with Crippen molar-refractivity contribution in [1.82, 2.24) is 4.90 Å². The van der Waals surface area contributed by atoms with Crippen LogP contribution in [0.3, 0.4) is 0 Å². The summed E-state index contributed by atoms with van der Waals surface area (Å²) in [4.78, 5) is 29.6. The molecule has 1 atom stereocenters. The van der Waals surface area contributed by atoms with Crippen LogP contribution < -0.4 is 19.6 Å². The third-order valence-corrected chi connectivity index (χ3v) is 7.45. The van der Waals surface area contributed by atoms with E-state index in [1.54, 1.807) is 19.1 Å². The van der Waals surface area contributed by atoms with Gasteiger partial charge in [-0.2, -0.15) is 0 Å². The Kier molecular flexibility index (Phi) is 7.83. The molecule has 0 spiro atoms. The van der Waals surface area contributed by atoms with Gasteiger partial charge in [-0.05, 0) is 79.3 Å². The molecule has 208 valence electrons. The smallest absolute Gasteiger partial charge is 0.290 e. The summed E-state index contributed by atoms with van der Waals surface area (Å²) < 4.78 is 22.9. The molecule has 0 aliphatic carbocycles. The lowest BCUT2D eigenvalue weighted by molar-refractivity contribution is 0.0730. The van der Waals surface area contributed by atoms with Gasteiger partial charge in [0.15, 0.2) is 16.9 Å². The lowest BCUT2D eigenvalue weighted by atomic mass is 9.97. The van der Waals surface area contributed by atoms with Crippen LogP contribution in [0.4, 0.5) is 0 Å². The van der Waals surface area contributed by atoms with Gasteiger partial charge in [0.2, 0.25) is 5.76 Å². The Morgan fingerprint density at radius 1 is 0.925 bits per heavy atom. The van der Waals surface area contributed by atoms with Crippen molar-refractivity contribution >= 4 is 16.9 Å². The number of unbranched alkanes of at least 4 members (excludes halogenated alkanes) is 1. The molecule has 1 aliphatic rings. The van der Waals surface area contributed by atoms with Gasteiger partial charge >= 0.3 is 0 Å². The van der Waals surface area contributed by atoms with E-state index in [1.807, 2.05) is 68.4 Å². The fourth-order valence-electron chi connectivity index (χ4n) is 5.42. The van der Waals surface area contributed by atoms with Crippen LogP contribution in [-0.4, -0.2) is 38.2 Å². The van der Waals surface area contributed by atoms with Crippen molar-refractivity contribution in [2.75, 3.05) is 27.4 Å². The fourth-order valence-corrected chi connectivity index (χ4v) is 5.42. The van der Waals surface area contributed by atoms with Crippen LogP contribution >= 0.6 is 0 Å². The van der Waals surface area contributed by atoms with Gasteiger partial charge in [0.05, 0.1) is 37.8 Å². The fraction of sp³-hybridized carbons (Fsp3) is 0.333. The number of rotatable bonds is 10. The highest BCUT2D eigenvalue weighted by atomic mass is 16.5. The number of nitrogens with zero attached hydrogens (tertiary/aromatic N) is 1. The van der Waals surface area contributed by atoms with Gasteiger partial charge in [0.1, 0.15) is 11.3 Å². The third kappa shape index (κ3) is 5.04. The van der Waals surface area contributed by atoms with E-state index in [1.165, 1.54) is 0 Å². The summed E-state index contributed by atoms with van der Waals surface area (Å²) in [6.07, 6.45) is 2.58. The van der Waals surface area contributed by atoms with E-state index in [0.29, 0.717) is 47.6 Å². The summed E-state index contributed by atoms with van der Waals surface area (Å²) in [6.45, 7) is 7.00. The number of methoxy groups -OCH3 is 2. The molecule has 0 saturated carbocycles. The molecule has 0 radical (unpaired) electrons. The summed E-state index contributed by atoms with van der Waals surface area (Å²) in [7, 11) is 3.19. The standard InChI is InChI=1S/C33H35NO6/c1-6-7-16-39-24-11-9-23(10-12-24)29-28-30(35)25-18-20(2)17-21(3)31(25)40-32(28)33(36)34(29)15-14-22-8-13-26(37-4)27(19-22)38-5/h8-13,17-19,29H,6-7,14-16H2,1-5H3. The van der Waals surface area contributed by atoms with E-state index < -0.39 is 6.04 Å². The predicted octanol–water partition coefficient (Wildman–Crippen LogP) is 6.39. The first kappa shape index (κ1) is 27.3. The molecule has 1 aromatic heterocycles. The average Bonchev–Trinajstić information content (AvgIpc) is 3.24. The first-order chi connectivity index (χ1) is 19.4. The second-order valence-electron chi connectivity index (χ2n) is 10.2. The lowest BCUT2D eigenvalue weighted by Crippen LogP contribution is -2.31. The van der Waals surface area contributed by atoms with Gasteiger partial charge in [-0.1, -0.05) is 37.6 Å². The molecule has 0 N–H and O–H groups in total. The Balaban J connectivity index is 1.56. The zero-order chi connectivity index (χ0) is 28.4. The van der Waals surface area contributed by atoms with Crippen molar-refractivity contribution in [2.45, 2.75) is 46.1 Å². The Hall–Kier alpha value is -4.26. The molecule has 1 amide bonds. The monoisotopic (exact) mass is 541 g/mol. The zero-order valence-corrected chi connectivity index (χ0v) is 23.7. The zero-order valence-electron chi connectivity index (χ0n) is 23.7. The SMILES string of the molecule is CCCCOc1ccc(C2c3c(oc4c(C)cc(C)cc4c3=O)C(=O)N2CCc2ccc(OC)c(OC)c2)cc1. The van der Waals surface area contributed by atoms with Gasteiger partial charge in [-0.25, -0.2) is 0 Å².